The van der Waals surface area contributed by atoms with Crippen LogP contribution in [-0.4, -0.2) is 12.5 Å². The summed E-state index contributed by atoms with van der Waals surface area (Å²) in [6.45, 7) is 9.02. The van der Waals surface area contributed by atoms with E-state index in [1.165, 1.54) is 5.56 Å². The zero-order chi connectivity index (χ0) is 15.2. The number of carbonyl (C=O) groups is 1. The molecule has 1 unspecified atom stereocenters. The van der Waals surface area contributed by atoms with Gasteiger partial charge in [-0.25, -0.2) is 0 Å². The van der Waals surface area contributed by atoms with Crippen molar-refractivity contribution in [3.05, 3.63) is 53.0 Å². The number of nitrogens with zero attached hydrogens (tertiary/aromatic N) is 1. The molecule has 0 N–H and O–H groups in total. The molecule has 0 radical (unpaired) electrons. The molecule has 3 rings (SSSR count). The van der Waals surface area contributed by atoms with E-state index >= 15 is 0 Å². The van der Waals surface area contributed by atoms with Gasteiger partial charge in [0.25, 0.3) is 0 Å². The van der Waals surface area contributed by atoms with E-state index in [1.807, 2.05) is 17.9 Å². The topological polar surface area (TPSA) is 33.5 Å². The molecule has 3 heteroatoms. The Labute approximate surface area is 125 Å². The number of hydrogen-bond acceptors (Lipinski definition) is 2. The van der Waals surface area contributed by atoms with Crippen LogP contribution in [0, 0.1) is 20.8 Å². The smallest absolute Gasteiger partial charge is 0.237 e. The van der Waals surface area contributed by atoms with Gasteiger partial charge in [-0.05, 0) is 51.3 Å². The third-order valence-corrected chi connectivity index (χ3v) is 4.62. The molecule has 1 aromatic carbocycles. The van der Waals surface area contributed by atoms with Crippen LogP contribution >= 0.6 is 0 Å². The van der Waals surface area contributed by atoms with Gasteiger partial charge in [0.1, 0.15) is 0 Å². The Morgan fingerprint density at radius 2 is 1.86 bits per heavy atom. The highest BCUT2D eigenvalue weighted by Crippen LogP contribution is 2.40. The Morgan fingerprint density at radius 3 is 2.43 bits per heavy atom. The van der Waals surface area contributed by atoms with Gasteiger partial charge in [-0.3, -0.25) is 4.79 Å². The molecule has 3 nitrogen and oxygen atoms in total. The Kier molecular flexibility index (Phi) is 3.16. The number of anilines is 1. The zero-order valence-electron chi connectivity index (χ0n) is 13.1. The molecular weight excluding hydrogens is 262 g/mol. The lowest BCUT2D eigenvalue weighted by Gasteiger charge is -2.25. The molecule has 1 aliphatic rings. The average molecular weight is 283 g/mol. The normalized spacial score (nSPS) is 22.1. The van der Waals surface area contributed by atoms with E-state index in [0.29, 0.717) is 0 Å². The lowest BCUT2D eigenvalue weighted by molar-refractivity contribution is -0.121. The summed E-state index contributed by atoms with van der Waals surface area (Å²) in [5.74, 6) is 0.166. The van der Waals surface area contributed by atoms with Crippen molar-refractivity contribution in [2.75, 3.05) is 11.4 Å². The van der Waals surface area contributed by atoms with E-state index in [-0.39, 0.29) is 5.91 Å². The lowest BCUT2D eigenvalue weighted by Crippen LogP contribution is -2.36. The van der Waals surface area contributed by atoms with Crippen molar-refractivity contribution >= 4 is 11.6 Å². The Balaban J connectivity index is 2.02. The molecule has 1 amide bonds. The first-order valence-electron chi connectivity index (χ1n) is 7.36. The molecule has 1 fully saturated rings. The predicted octanol–water partition coefficient (Wildman–Crippen LogP) is 3.90. The minimum absolute atomic E-state index is 0.166. The summed E-state index contributed by atoms with van der Waals surface area (Å²) in [6, 6.07) is 6.18. The number of amides is 1. The molecule has 110 valence electrons. The molecule has 21 heavy (non-hydrogen) atoms. The maximum Gasteiger partial charge on any atom is 0.237 e. The van der Waals surface area contributed by atoms with Crippen LogP contribution in [0.1, 0.15) is 35.6 Å². The minimum atomic E-state index is -0.475. The molecule has 0 saturated carbocycles. The quantitative estimate of drug-likeness (QED) is 0.837. The number of rotatable bonds is 2. The van der Waals surface area contributed by atoms with Crippen LogP contribution in [0.3, 0.4) is 0 Å². The number of benzene rings is 1. The fourth-order valence-electron chi connectivity index (χ4n) is 3.50. The zero-order valence-corrected chi connectivity index (χ0v) is 13.1. The first-order valence-corrected chi connectivity index (χ1v) is 7.36. The maximum absolute atomic E-state index is 13.0. The second kappa shape index (κ2) is 4.76. The van der Waals surface area contributed by atoms with E-state index in [2.05, 4.69) is 32.9 Å². The third-order valence-electron chi connectivity index (χ3n) is 4.62. The fourth-order valence-corrected chi connectivity index (χ4v) is 3.50. The molecule has 0 spiro atoms. The van der Waals surface area contributed by atoms with E-state index < -0.39 is 5.41 Å². The molecule has 1 saturated heterocycles. The molecule has 0 aliphatic carbocycles. The second-order valence-electron chi connectivity index (χ2n) is 6.30. The van der Waals surface area contributed by atoms with Gasteiger partial charge in [0.2, 0.25) is 5.91 Å². The fraction of sp³-hybridized carbons (Fsp3) is 0.389. The first-order chi connectivity index (χ1) is 9.93. The summed E-state index contributed by atoms with van der Waals surface area (Å²) in [4.78, 5) is 14.9. The molecule has 2 aromatic rings. The van der Waals surface area contributed by atoms with Crippen LogP contribution in [0.25, 0.3) is 0 Å². The van der Waals surface area contributed by atoms with E-state index in [9.17, 15) is 4.79 Å². The summed E-state index contributed by atoms with van der Waals surface area (Å²) < 4.78 is 5.17. The predicted molar refractivity (Wildman–Crippen MR) is 83.7 cm³/mol. The first kappa shape index (κ1) is 13.9. The van der Waals surface area contributed by atoms with Crippen molar-refractivity contribution in [2.45, 2.75) is 39.5 Å². The van der Waals surface area contributed by atoms with Crippen molar-refractivity contribution in [1.82, 2.24) is 0 Å². The third kappa shape index (κ3) is 2.08. The van der Waals surface area contributed by atoms with Gasteiger partial charge < -0.3 is 9.32 Å². The van der Waals surface area contributed by atoms with Crippen LogP contribution in [0.15, 0.2) is 35.1 Å². The largest absolute Gasteiger partial charge is 0.472 e. The van der Waals surface area contributed by atoms with Crippen LogP contribution in [0.2, 0.25) is 0 Å². The van der Waals surface area contributed by atoms with Crippen molar-refractivity contribution in [3.63, 3.8) is 0 Å². The number of aryl methyl sites for hydroxylation is 3. The Morgan fingerprint density at radius 1 is 1.19 bits per heavy atom. The van der Waals surface area contributed by atoms with E-state index in [0.717, 1.165) is 35.3 Å². The monoisotopic (exact) mass is 283 g/mol. The van der Waals surface area contributed by atoms with Crippen LogP contribution < -0.4 is 4.90 Å². The van der Waals surface area contributed by atoms with Crippen molar-refractivity contribution < 1.29 is 9.21 Å². The van der Waals surface area contributed by atoms with Crippen LogP contribution in [0.4, 0.5) is 5.69 Å². The highest BCUT2D eigenvalue weighted by molar-refractivity contribution is 6.04. The van der Waals surface area contributed by atoms with Gasteiger partial charge in [0, 0.05) is 17.8 Å². The van der Waals surface area contributed by atoms with Crippen molar-refractivity contribution in [3.8, 4) is 0 Å². The van der Waals surface area contributed by atoms with Gasteiger partial charge in [-0.1, -0.05) is 17.7 Å². The summed E-state index contributed by atoms with van der Waals surface area (Å²) in [7, 11) is 0. The van der Waals surface area contributed by atoms with Gasteiger partial charge in [0.15, 0.2) is 0 Å². The molecule has 1 atom stereocenters. The molecular formula is C18H21NO2. The van der Waals surface area contributed by atoms with Crippen molar-refractivity contribution in [2.24, 2.45) is 0 Å². The van der Waals surface area contributed by atoms with Crippen LogP contribution in [-0.2, 0) is 10.2 Å². The molecule has 2 heterocycles. The molecule has 1 aliphatic heterocycles. The van der Waals surface area contributed by atoms with E-state index in [4.69, 9.17) is 4.42 Å². The van der Waals surface area contributed by atoms with E-state index in [1.54, 1.807) is 12.5 Å². The van der Waals surface area contributed by atoms with Gasteiger partial charge in [-0.15, -0.1) is 0 Å². The minimum Gasteiger partial charge on any atom is -0.472 e. The summed E-state index contributed by atoms with van der Waals surface area (Å²) >= 11 is 0. The van der Waals surface area contributed by atoms with Gasteiger partial charge >= 0.3 is 0 Å². The standard InChI is InChI=1S/C18H21NO2/c1-12-9-13(2)16(14(3)10-12)19-7-6-18(4,17(19)20)15-5-8-21-11-15/h5,8-11H,6-7H2,1-4H3. The van der Waals surface area contributed by atoms with Gasteiger partial charge in [0.05, 0.1) is 17.9 Å². The number of carbonyl (C=O) groups excluding carboxylic acids is 1. The summed E-state index contributed by atoms with van der Waals surface area (Å²) in [5, 5.41) is 0. The average Bonchev–Trinajstić information content (AvgIpc) is 3.02. The highest BCUT2D eigenvalue weighted by Gasteiger charge is 2.45. The van der Waals surface area contributed by atoms with Gasteiger partial charge in [-0.2, -0.15) is 0 Å². The SMILES string of the molecule is Cc1cc(C)c(N2CCC(C)(c3ccoc3)C2=O)c(C)c1. The maximum atomic E-state index is 13.0. The lowest BCUT2D eigenvalue weighted by atomic mass is 9.83. The van der Waals surface area contributed by atoms with Crippen LogP contribution in [0.5, 0.6) is 0 Å². The molecule has 1 aromatic heterocycles. The Hall–Kier alpha value is -2.03. The van der Waals surface area contributed by atoms with Crippen molar-refractivity contribution in [1.29, 1.82) is 0 Å². The highest BCUT2D eigenvalue weighted by atomic mass is 16.3. The Bertz CT molecular complexity index is 664. The molecule has 0 bridgehead atoms. The number of hydrogen-bond donors (Lipinski definition) is 0. The summed E-state index contributed by atoms with van der Waals surface area (Å²) in [6.07, 6.45) is 4.15. The summed E-state index contributed by atoms with van der Waals surface area (Å²) in [5.41, 5.74) is 5.12. The second-order valence-corrected chi connectivity index (χ2v) is 6.30. The number of furan rings is 1.